The van der Waals surface area contributed by atoms with Gasteiger partial charge in [0.2, 0.25) is 11.9 Å². The van der Waals surface area contributed by atoms with Crippen molar-refractivity contribution < 1.29 is 4.74 Å². The molecule has 1 fully saturated rings. The van der Waals surface area contributed by atoms with Crippen LogP contribution in [-0.2, 0) is 11.2 Å². The van der Waals surface area contributed by atoms with Crippen molar-refractivity contribution in [1.82, 2.24) is 15.0 Å². The molecule has 0 bridgehead atoms. The first kappa shape index (κ1) is 11.1. The number of hydrogen-bond donors (Lipinski definition) is 1. The molecule has 0 atom stereocenters. The molecule has 16 heavy (non-hydrogen) atoms. The number of morpholine rings is 1. The average Bonchev–Trinajstić information content (AvgIpc) is 2.30. The van der Waals surface area contributed by atoms with Crippen LogP contribution in [0.5, 0.6) is 0 Å². The molecule has 1 aromatic rings. The second-order valence-electron chi connectivity index (χ2n) is 3.76. The molecule has 0 aromatic carbocycles. The summed E-state index contributed by atoms with van der Waals surface area (Å²) in [6.45, 7) is 5.15. The molecule has 0 unspecified atom stereocenters. The summed E-state index contributed by atoms with van der Waals surface area (Å²) in [6.07, 6.45) is 1.84. The fraction of sp³-hybridized carbons (Fsp3) is 0.700. The minimum atomic E-state index is 0.306. The van der Waals surface area contributed by atoms with E-state index in [1.54, 1.807) is 0 Å². The van der Waals surface area contributed by atoms with Gasteiger partial charge in [0.15, 0.2) is 0 Å². The Bertz CT molecular complexity index is 351. The highest BCUT2D eigenvalue weighted by atomic mass is 16.5. The number of ether oxygens (including phenoxy) is 1. The third kappa shape index (κ3) is 2.57. The third-order valence-corrected chi connectivity index (χ3v) is 2.45. The normalized spacial score (nSPS) is 16.4. The van der Waals surface area contributed by atoms with Crippen LogP contribution in [0, 0.1) is 0 Å². The number of anilines is 2. The van der Waals surface area contributed by atoms with Gasteiger partial charge in [-0.3, -0.25) is 0 Å². The summed E-state index contributed by atoms with van der Waals surface area (Å²) < 4.78 is 5.29. The van der Waals surface area contributed by atoms with E-state index in [0.717, 1.165) is 31.8 Å². The Hall–Kier alpha value is -1.43. The maximum absolute atomic E-state index is 5.68. The lowest BCUT2D eigenvalue weighted by Gasteiger charge is -2.26. The number of nitrogens with two attached hydrogens (primary N) is 1. The molecule has 88 valence electrons. The zero-order valence-electron chi connectivity index (χ0n) is 9.52. The Balaban J connectivity index is 2.18. The van der Waals surface area contributed by atoms with Crippen molar-refractivity contribution in [3.05, 3.63) is 5.82 Å². The van der Waals surface area contributed by atoms with E-state index in [2.05, 4.69) is 26.8 Å². The predicted octanol–water partition coefficient (Wildman–Crippen LogP) is 0.243. The maximum Gasteiger partial charge on any atom is 0.230 e. The standard InChI is InChI=1S/C10H17N5O/c1-2-3-8-12-9(11)14-10(13-8)15-4-6-16-7-5-15/h2-7H2,1H3,(H2,11,12,13,14). The van der Waals surface area contributed by atoms with E-state index in [-0.39, 0.29) is 0 Å². The van der Waals surface area contributed by atoms with Gasteiger partial charge in [0.05, 0.1) is 13.2 Å². The van der Waals surface area contributed by atoms with Gasteiger partial charge < -0.3 is 15.4 Å². The van der Waals surface area contributed by atoms with Gasteiger partial charge in [0.25, 0.3) is 0 Å². The third-order valence-electron chi connectivity index (χ3n) is 2.45. The highest BCUT2D eigenvalue weighted by Crippen LogP contribution is 2.11. The Labute approximate surface area is 94.9 Å². The summed E-state index contributed by atoms with van der Waals surface area (Å²) in [5.74, 6) is 1.76. The van der Waals surface area contributed by atoms with Crippen LogP contribution in [0.2, 0.25) is 0 Å². The molecule has 1 saturated heterocycles. The summed E-state index contributed by atoms with van der Waals surface area (Å²) in [6, 6.07) is 0. The summed E-state index contributed by atoms with van der Waals surface area (Å²) in [7, 11) is 0. The molecule has 6 nitrogen and oxygen atoms in total. The van der Waals surface area contributed by atoms with Gasteiger partial charge in [-0.15, -0.1) is 0 Å². The molecule has 2 heterocycles. The van der Waals surface area contributed by atoms with E-state index in [0.29, 0.717) is 25.1 Å². The van der Waals surface area contributed by atoms with E-state index < -0.39 is 0 Å². The summed E-state index contributed by atoms with van der Waals surface area (Å²) in [5.41, 5.74) is 5.68. The van der Waals surface area contributed by atoms with Crippen LogP contribution in [-0.4, -0.2) is 41.3 Å². The van der Waals surface area contributed by atoms with Crippen LogP contribution in [0.25, 0.3) is 0 Å². The average molecular weight is 223 g/mol. The first-order valence-corrected chi connectivity index (χ1v) is 5.62. The van der Waals surface area contributed by atoms with Crippen molar-refractivity contribution in [1.29, 1.82) is 0 Å². The van der Waals surface area contributed by atoms with Crippen LogP contribution in [0.1, 0.15) is 19.2 Å². The predicted molar refractivity (Wildman–Crippen MR) is 61.3 cm³/mol. The molecule has 0 spiro atoms. The molecule has 1 aliphatic heterocycles. The molecular weight excluding hydrogens is 206 g/mol. The Kier molecular flexibility index (Phi) is 3.51. The second kappa shape index (κ2) is 5.07. The highest BCUT2D eigenvalue weighted by molar-refractivity contribution is 5.35. The van der Waals surface area contributed by atoms with Crippen LogP contribution < -0.4 is 10.6 Å². The first-order chi connectivity index (χ1) is 7.79. The van der Waals surface area contributed by atoms with Gasteiger partial charge in [0, 0.05) is 19.5 Å². The zero-order valence-corrected chi connectivity index (χ0v) is 9.52. The summed E-state index contributed by atoms with van der Waals surface area (Å²) in [5, 5.41) is 0. The summed E-state index contributed by atoms with van der Waals surface area (Å²) in [4.78, 5) is 14.8. The second-order valence-corrected chi connectivity index (χ2v) is 3.76. The molecule has 1 aromatic heterocycles. The van der Waals surface area contributed by atoms with Crippen molar-refractivity contribution >= 4 is 11.9 Å². The largest absolute Gasteiger partial charge is 0.378 e. The molecule has 1 aliphatic rings. The van der Waals surface area contributed by atoms with Gasteiger partial charge in [-0.05, 0) is 6.42 Å². The van der Waals surface area contributed by atoms with Gasteiger partial charge in [-0.2, -0.15) is 15.0 Å². The van der Waals surface area contributed by atoms with E-state index in [1.807, 2.05) is 0 Å². The van der Waals surface area contributed by atoms with E-state index >= 15 is 0 Å². The van der Waals surface area contributed by atoms with Crippen LogP contribution in [0.3, 0.4) is 0 Å². The molecule has 0 saturated carbocycles. The number of aromatic nitrogens is 3. The molecule has 6 heteroatoms. The number of nitrogens with zero attached hydrogens (tertiary/aromatic N) is 4. The highest BCUT2D eigenvalue weighted by Gasteiger charge is 2.15. The van der Waals surface area contributed by atoms with Gasteiger partial charge >= 0.3 is 0 Å². The van der Waals surface area contributed by atoms with E-state index in [4.69, 9.17) is 10.5 Å². The fourth-order valence-corrected chi connectivity index (χ4v) is 1.67. The summed E-state index contributed by atoms with van der Waals surface area (Å²) >= 11 is 0. The quantitative estimate of drug-likeness (QED) is 0.791. The molecule has 2 N–H and O–H groups in total. The van der Waals surface area contributed by atoms with Crippen molar-refractivity contribution in [2.45, 2.75) is 19.8 Å². The molecular formula is C10H17N5O. The minimum absolute atomic E-state index is 0.306. The number of nitrogen functional groups attached to an aromatic ring is 1. The Morgan fingerprint density at radius 3 is 2.69 bits per heavy atom. The number of hydrogen-bond acceptors (Lipinski definition) is 6. The smallest absolute Gasteiger partial charge is 0.230 e. The number of rotatable bonds is 3. The topological polar surface area (TPSA) is 77.2 Å². The fourth-order valence-electron chi connectivity index (χ4n) is 1.67. The lowest BCUT2D eigenvalue weighted by atomic mass is 10.3. The lowest BCUT2D eigenvalue weighted by molar-refractivity contribution is 0.122. The molecule has 2 rings (SSSR count). The first-order valence-electron chi connectivity index (χ1n) is 5.62. The SMILES string of the molecule is CCCc1nc(N)nc(N2CCOCC2)n1. The molecule has 0 radical (unpaired) electrons. The van der Waals surface area contributed by atoms with Crippen LogP contribution >= 0.6 is 0 Å². The van der Waals surface area contributed by atoms with Gasteiger partial charge in [-0.1, -0.05) is 6.92 Å². The van der Waals surface area contributed by atoms with E-state index in [1.165, 1.54) is 0 Å². The monoisotopic (exact) mass is 223 g/mol. The van der Waals surface area contributed by atoms with Crippen molar-refractivity contribution in [3.8, 4) is 0 Å². The van der Waals surface area contributed by atoms with Crippen molar-refractivity contribution in [2.75, 3.05) is 36.9 Å². The lowest BCUT2D eigenvalue weighted by Crippen LogP contribution is -2.37. The van der Waals surface area contributed by atoms with Gasteiger partial charge in [0.1, 0.15) is 5.82 Å². The van der Waals surface area contributed by atoms with Crippen LogP contribution in [0.4, 0.5) is 11.9 Å². The minimum Gasteiger partial charge on any atom is -0.378 e. The Morgan fingerprint density at radius 2 is 2.00 bits per heavy atom. The molecule has 0 amide bonds. The molecule has 0 aliphatic carbocycles. The van der Waals surface area contributed by atoms with Crippen LogP contribution in [0.15, 0.2) is 0 Å². The van der Waals surface area contributed by atoms with Crippen molar-refractivity contribution in [2.24, 2.45) is 0 Å². The van der Waals surface area contributed by atoms with Crippen molar-refractivity contribution in [3.63, 3.8) is 0 Å². The maximum atomic E-state index is 5.68. The van der Waals surface area contributed by atoms with Gasteiger partial charge in [-0.25, -0.2) is 0 Å². The Morgan fingerprint density at radius 1 is 1.25 bits per heavy atom. The number of aryl methyl sites for hydroxylation is 1. The zero-order chi connectivity index (χ0) is 11.4. The van der Waals surface area contributed by atoms with E-state index in [9.17, 15) is 0 Å².